The molecule has 0 fully saturated rings. The predicted octanol–water partition coefficient (Wildman–Crippen LogP) is 4.24. The molecule has 0 amide bonds. The van der Waals surface area contributed by atoms with Crippen LogP contribution in [0.4, 0.5) is 0 Å². The van der Waals surface area contributed by atoms with Gasteiger partial charge < -0.3 is 0 Å². The summed E-state index contributed by atoms with van der Waals surface area (Å²) in [5.74, 6) is 0. The molecule has 0 N–H and O–H groups in total. The van der Waals surface area contributed by atoms with Gasteiger partial charge in [-0.05, 0) is 53.1 Å². The molecule has 1 unspecified atom stereocenters. The fraction of sp³-hybridized carbons (Fsp3) is 0.294. The van der Waals surface area contributed by atoms with Gasteiger partial charge in [-0.15, -0.1) is 0 Å². The van der Waals surface area contributed by atoms with E-state index < -0.39 is 9.05 Å². The third-order valence-corrected chi connectivity index (χ3v) is 6.50. The van der Waals surface area contributed by atoms with Gasteiger partial charge in [0.15, 0.2) is 0 Å². The molecule has 0 aliphatic carbocycles. The zero-order chi connectivity index (χ0) is 16.2. The van der Waals surface area contributed by atoms with Crippen molar-refractivity contribution in [3.8, 4) is 0 Å². The summed E-state index contributed by atoms with van der Waals surface area (Å²) in [7, 11) is 2.39. The lowest BCUT2D eigenvalue weighted by atomic mass is 10.0. The van der Waals surface area contributed by atoms with E-state index in [1.807, 2.05) is 12.1 Å². The van der Waals surface area contributed by atoms with E-state index in [0.717, 1.165) is 24.6 Å². The second kappa shape index (κ2) is 7.59. The van der Waals surface area contributed by atoms with Crippen molar-refractivity contribution in [1.29, 1.82) is 0 Å². The lowest BCUT2D eigenvalue weighted by Crippen LogP contribution is -2.07. The van der Waals surface area contributed by atoms with Crippen LogP contribution in [0, 0.1) is 0 Å². The first-order chi connectivity index (χ1) is 10.5. The third kappa shape index (κ3) is 4.32. The third-order valence-electron chi connectivity index (χ3n) is 3.70. The maximum Gasteiger partial charge on any atom is 0.261 e. The summed E-state index contributed by atoms with van der Waals surface area (Å²) in [6, 6.07) is 13.4. The second-order valence-electron chi connectivity index (χ2n) is 5.09. The van der Waals surface area contributed by atoms with Gasteiger partial charge in [0.1, 0.15) is 0 Å². The van der Waals surface area contributed by atoms with Gasteiger partial charge in [0, 0.05) is 10.7 Å². The standard InChI is InChI=1S/C17H20ClO2PS/c1-3-14-6-5-7-17(16(14)4-2)21-12-13-8-10-15(11-9-13)22(18,19)20/h5-11,21H,3-4,12H2,1-2H3. The van der Waals surface area contributed by atoms with E-state index in [-0.39, 0.29) is 4.90 Å². The Balaban J connectivity index is 2.14. The summed E-state index contributed by atoms with van der Waals surface area (Å²) < 4.78 is 22.5. The number of halogens is 1. The van der Waals surface area contributed by atoms with Crippen LogP contribution in [0.1, 0.15) is 30.5 Å². The van der Waals surface area contributed by atoms with Crippen molar-refractivity contribution in [3.05, 3.63) is 59.2 Å². The highest BCUT2D eigenvalue weighted by Crippen LogP contribution is 2.24. The van der Waals surface area contributed by atoms with E-state index in [1.54, 1.807) is 12.1 Å². The molecule has 0 saturated heterocycles. The molecule has 118 valence electrons. The first-order valence-electron chi connectivity index (χ1n) is 7.34. The number of hydrogen-bond donors (Lipinski definition) is 0. The lowest BCUT2D eigenvalue weighted by Gasteiger charge is -2.12. The highest BCUT2D eigenvalue weighted by molar-refractivity contribution is 8.13. The summed E-state index contributed by atoms with van der Waals surface area (Å²) in [4.78, 5) is 0.156. The van der Waals surface area contributed by atoms with Crippen LogP contribution in [0.3, 0.4) is 0 Å². The highest BCUT2D eigenvalue weighted by Gasteiger charge is 2.09. The Morgan fingerprint density at radius 2 is 1.68 bits per heavy atom. The van der Waals surface area contributed by atoms with Crippen LogP contribution in [0.2, 0.25) is 0 Å². The molecule has 0 bridgehead atoms. The number of aryl methyl sites for hydroxylation is 1. The summed E-state index contributed by atoms with van der Waals surface area (Å²) in [5.41, 5.74) is 4.02. The van der Waals surface area contributed by atoms with E-state index in [2.05, 4.69) is 32.0 Å². The Morgan fingerprint density at radius 1 is 1.00 bits per heavy atom. The molecule has 2 aromatic rings. The van der Waals surface area contributed by atoms with E-state index >= 15 is 0 Å². The van der Waals surface area contributed by atoms with Gasteiger partial charge in [0.05, 0.1) is 4.90 Å². The first kappa shape index (κ1) is 17.5. The van der Waals surface area contributed by atoms with Crippen molar-refractivity contribution < 1.29 is 8.42 Å². The maximum absolute atomic E-state index is 11.2. The summed E-state index contributed by atoms with van der Waals surface area (Å²) in [5, 5.41) is 1.41. The predicted molar refractivity (Wildman–Crippen MR) is 96.3 cm³/mol. The van der Waals surface area contributed by atoms with Gasteiger partial charge in [-0.3, -0.25) is 0 Å². The van der Waals surface area contributed by atoms with Gasteiger partial charge in [0.2, 0.25) is 0 Å². The molecule has 0 radical (unpaired) electrons. The number of benzene rings is 2. The lowest BCUT2D eigenvalue weighted by molar-refractivity contribution is 0.609. The molecular weight excluding hydrogens is 335 g/mol. The van der Waals surface area contributed by atoms with Crippen molar-refractivity contribution >= 4 is 33.6 Å². The molecule has 2 aromatic carbocycles. The van der Waals surface area contributed by atoms with E-state index in [1.165, 1.54) is 16.4 Å². The van der Waals surface area contributed by atoms with Crippen molar-refractivity contribution in [2.24, 2.45) is 0 Å². The first-order valence-corrected chi connectivity index (χ1v) is 10.9. The van der Waals surface area contributed by atoms with Gasteiger partial charge in [-0.2, -0.15) is 0 Å². The Morgan fingerprint density at radius 3 is 2.23 bits per heavy atom. The normalized spacial score (nSPS) is 12.1. The molecule has 0 aliphatic rings. The van der Waals surface area contributed by atoms with E-state index in [9.17, 15) is 8.42 Å². The number of hydrogen-bond acceptors (Lipinski definition) is 2. The second-order valence-corrected chi connectivity index (χ2v) is 8.90. The Hall–Kier alpha value is -0.890. The van der Waals surface area contributed by atoms with E-state index in [4.69, 9.17) is 10.7 Å². The SMILES string of the molecule is CCc1cccc(PCc2ccc(S(=O)(=O)Cl)cc2)c1CC. The summed E-state index contributed by atoms with van der Waals surface area (Å²) in [6.07, 6.45) is 3.03. The van der Waals surface area contributed by atoms with Crippen LogP contribution in [-0.4, -0.2) is 8.42 Å². The van der Waals surface area contributed by atoms with E-state index in [0.29, 0.717) is 8.58 Å². The van der Waals surface area contributed by atoms with Crippen molar-refractivity contribution in [3.63, 3.8) is 0 Å². The Kier molecular flexibility index (Phi) is 6.02. The largest absolute Gasteiger partial charge is 0.261 e. The molecule has 5 heteroatoms. The zero-order valence-corrected chi connectivity index (χ0v) is 15.3. The summed E-state index contributed by atoms with van der Waals surface area (Å²) in [6.45, 7) is 4.38. The molecule has 0 heterocycles. The minimum absolute atomic E-state index is 0.156. The van der Waals surface area contributed by atoms with Crippen molar-refractivity contribution in [2.75, 3.05) is 0 Å². The zero-order valence-electron chi connectivity index (χ0n) is 12.8. The van der Waals surface area contributed by atoms with Crippen molar-refractivity contribution in [2.45, 2.75) is 37.7 Å². The van der Waals surface area contributed by atoms with Gasteiger partial charge in [-0.1, -0.05) is 52.8 Å². The summed E-state index contributed by atoms with van der Waals surface area (Å²) >= 11 is 0. The average molecular weight is 355 g/mol. The molecule has 0 spiro atoms. The fourth-order valence-electron chi connectivity index (χ4n) is 2.52. The Labute approximate surface area is 139 Å². The fourth-order valence-corrected chi connectivity index (χ4v) is 4.68. The van der Waals surface area contributed by atoms with Crippen LogP contribution >= 0.6 is 19.3 Å². The monoisotopic (exact) mass is 354 g/mol. The van der Waals surface area contributed by atoms with Gasteiger partial charge in [-0.25, -0.2) is 8.42 Å². The molecule has 0 aromatic heterocycles. The number of rotatable bonds is 6. The molecule has 1 atom stereocenters. The van der Waals surface area contributed by atoms with Gasteiger partial charge >= 0.3 is 0 Å². The van der Waals surface area contributed by atoms with Crippen LogP contribution < -0.4 is 5.30 Å². The van der Waals surface area contributed by atoms with Crippen molar-refractivity contribution in [1.82, 2.24) is 0 Å². The molecule has 0 aliphatic heterocycles. The van der Waals surface area contributed by atoms with Crippen LogP contribution in [0.15, 0.2) is 47.4 Å². The molecule has 2 nitrogen and oxygen atoms in total. The quantitative estimate of drug-likeness (QED) is 0.574. The minimum Gasteiger partial charge on any atom is -0.207 e. The topological polar surface area (TPSA) is 34.1 Å². The van der Waals surface area contributed by atoms with Gasteiger partial charge in [0.25, 0.3) is 9.05 Å². The minimum atomic E-state index is -3.63. The Bertz CT molecular complexity index is 740. The molecular formula is C17H20ClO2PS. The molecule has 2 rings (SSSR count). The van der Waals surface area contributed by atoms with Crippen LogP contribution in [0.5, 0.6) is 0 Å². The molecule has 22 heavy (non-hydrogen) atoms. The maximum atomic E-state index is 11.2. The van der Waals surface area contributed by atoms with Crippen LogP contribution in [-0.2, 0) is 28.1 Å². The molecule has 0 saturated carbocycles. The smallest absolute Gasteiger partial charge is 0.207 e. The van der Waals surface area contributed by atoms with Crippen LogP contribution in [0.25, 0.3) is 0 Å². The highest BCUT2D eigenvalue weighted by atomic mass is 35.7. The average Bonchev–Trinajstić information content (AvgIpc) is 2.51.